The van der Waals surface area contributed by atoms with Crippen molar-refractivity contribution in [3.05, 3.63) is 38.9 Å². The molecule has 1 aliphatic rings. The van der Waals surface area contributed by atoms with Gasteiger partial charge in [0.1, 0.15) is 5.56 Å². The van der Waals surface area contributed by atoms with Crippen LogP contribution >= 0.6 is 11.6 Å². The summed E-state index contributed by atoms with van der Waals surface area (Å²) in [6.45, 7) is 4.38. The van der Waals surface area contributed by atoms with Gasteiger partial charge in [0.2, 0.25) is 0 Å². The Balaban J connectivity index is 2.09. The smallest absolute Gasteiger partial charge is 0.282 e. The predicted molar refractivity (Wildman–Crippen MR) is 80.7 cm³/mol. The number of piperidine rings is 1. The summed E-state index contributed by atoms with van der Waals surface area (Å²) in [5.41, 5.74) is -0.259. The average molecular weight is 312 g/mol. The molecule has 1 aliphatic heterocycles. The van der Waals surface area contributed by atoms with Crippen molar-refractivity contribution in [3.63, 3.8) is 0 Å². The van der Waals surface area contributed by atoms with Gasteiger partial charge in [0.25, 0.3) is 11.6 Å². The molecule has 0 saturated carbocycles. The zero-order chi connectivity index (χ0) is 15.5. The lowest BCUT2D eigenvalue weighted by atomic mass is 9.83. The summed E-state index contributed by atoms with van der Waals surface area (Å²) >= 11 is 5.83. The molecule has 1 unspecified atom stereocenters. The Morgan fingerprint density at radius 1 is 1.57 bits per heavy atom. The molecular formula is C14H18ClN3O3. The molecule has 0 bridgehead atoms. The Bertz CT molecular complexity index is 556. The highest BCUT2D eigenvalue weighted by atomic mass is 35.5. The quantitative estimate of drug-likeness (QED) is 0.660. The zero-order valence-electron chi connectivity index (χ0n) is 11.8. The number of nitro benzene ring substituents is 1. The summed E-state index contributed by atoms with van der Waals surface area (Å²) in [5.74, 6) is -0.462. The number of benzene rings is 1. The molecule has 114 valence electrons. The highest BCUT2D eigenvalue weighted by Gasteiger charge is 2.28. The van der Waals surface area contributed by atoms with Crippen LogP contribution in [0.4, 0.5) is 5.69 Å². The van der Waals surface area contributed by atoms with Gasteiger partial charge >= 0.3 is 0 Å². The highest BCUT2D eigenvalue weighted by molar-refractivity contribution is 6.31. The maximum absolute atomic E-state index is 12.2. The van der Waals surface area contributed by atoms with Crippen LogP contribution < -0.4 is 10.6 Å². The van der Waals surface area contributed by atoms with Crippen molar-refractivity contribution >= 4 is 23.2 Å². The second-order valence-corrected chi connectivity index (χ2v) is 6.13. The Morgan fingerprint density at radius 2 is 2.33 bits per heavy atom. The van der Waals surface area contributed by atoms with Crippen LogP contribution in [0.1, 0.15) is 30.1 Å². The number of nitrogens with zero attached hydrogens (tertiary/aromatic N) is 1. The summed E-state index contributed by atoms with van der Waals surface area (Å²) in [5, 5.41) is 17.4. The number of rotatable bonds is 4. The first kappa shape index (κ1) is 15.7. The summed E-state index contributed by atoms with van der Waals surface area (Å²) in [6.07, 6.45) is 2.07. The first-order chi connectivity index (χ1) is 9.91. The number of carbonyl (C=O) groups is 1. The van der Waals surface area contributed by atoms with Crippen LogP contribution in [0, 0.1) is 15.5 Å². The number of carbonyl (C=O) groups excluding carboxylic acids is 1. The van der Waals surface area contributed by atoms with Crippen molar-refractivity contribution in [2.75, 3.05) is 19.6 Å². The van der Waals surface area contributed by atoms with Gasteiger partial charge in [-0.15, -0.1) is 0 Å². The van der Waals surface area contributed by atoms with Crippen LogP contribution in [0.2, 0.25) is 5.02 Å². The van der Waals surface area contributed by atoms with E-state index in [4.69, 9.17) is 11.6 Å². The van der Waals surface area contributed by atoms with Gasteiger partial charge < -0.3 is 10.6 Å². The fourth-order valence-electron chi connectivity index (χ4n) is 2.51. The molecule has 2 rings (SSSR count). The number of nitrogens with one attached hydrogen (secondary N) is 2. The second kappa shape index (κ2) is 6.41. The number of hydrogen-bond acceptors (Lipinski definition) is 4. The minimum atomic E-state index is -0.574. The number of halogens is 1. The molecule has 1 saturated heterocycles. The molecule has 1 aromatic rings. The van der Waals surface area contributed by atoms with Crippen LogP contribution in [-0.4, -0.2) is 30.5 Å². The van der Waals surface area contributed by atoms with E-state index in [1.807, 2.05) is 0 Å². The fourth-order valence-corrected chi connectivity index (χ4v) is 2.68. The maximum atomic E-state index is 12.2. The van der Waals surface area contributed by atoms with Crippen LogP contribution in [0.3, 0.4) is 0 Å². The van der Waals surface area contributed by atoms with E-state index >= 15 is 0 Å². The van der Waals surface area contributed by atoms with E-state index in [-0.39, 0.29) is 16.7 Å². The molecule has 1 fully saturated rings. The topological polar surface area (TPSA) is 84.3 Å². The molecule has 0 aliphatic carbocycles. The van der Waals surface area contributed by atoms with Crippen molar-refractivity contribution in [2.24, 2.45) is 5.41 Å². The van der Waals surface area contributed by atoms with Gasteiger partial charge in [-0.2, -0.15) is 0 Å². The van der Waals surface area contributed by atoms with E-state index in [9.17, 15) is 14.9 Å². The van der Waals surface area contributed by atoms with Gasteiger partial charge in [0.05, 0.1) is 4.92 Å². The Labute approximate surface area is 128 Å². The summed E-state index contributed by atoms with van der Waals surface area (Å²) in [4.78, 5) is 22.6. The van der Waals surface area contributed by atoms with Crippen LogP contribution in [-0.2, 0) is 0 Å². The van der Waals surface area contributed by atoms with Gasteiger partial charge in [0.15, 0.2) is 0 Å². The number of hydrogen-bond donors (Lipinski definition) is 2. The van der Waals surface area contributed by atoms with Crippen molar-refractivity contribution < 1.29 is 9.72 Å². The zero-order valence-corrected chi connectivity index (χ0v) is 12.6. The lowest BCUT2D eigenvalue weighted by Gasteiger charge is -2.34. The molecule has 0 spiro atoms. The van der Waals surface area contributed by atoms with Gasteiger partial charge in [0, 0.05) is 24.2 Å². The van der Waals surface area contributed by atoms with Gasteiger partial charge in [-0.05, 0) is 36.9 Å². The van der Waals surface area contributed by atoms with E-state index in [1.54, 1.807) is 0 Å². The van der Waals surface area contributed by atoms with Gasteiger partial charge in [-0.3, -0.25) is 14.9 Å². The van der Waals surface area contributed by atoms with E-state index < -0.39 is 10.8 Å². The molecular weight excluding hydrogens is 294 g/mol. The third-order valence-corrected chi connectivity index (χ3v) is 4.00. The molecule has 1 aromatic carbocycles. The summed E-state index contributed by atoms with van der Waals surface area (Å²) in [7, 11) is 0. The number of nitro groups is 1. The summed E-state index contributed by atoms with van der Waals surface area (Å²) < 4.78 is 0. The predicted octanol–water partition coefficient (Wildman–Crippen LogP) is 2.37. The summed E-state index contributed by atoms with van der Waals surface area (Å²) in [6, 6.07) is 3.99. The molecule has 0 aromatic heterocycles. The molecule has 1 atom stereocenters. The minimum Gasteiger partial charge on any atom is -0.351 e. The standard InChI is InChI=1S/C14H18ClN3O3/c1-14(5-2-6-16-8-14)9-17-13(19)11-7-10(15)3-4-12(11)18(20)21/h3-4,7,16H,2,5-6,8-9H2,1H3,(H,17,19). The van der Waals surface area contributed by atoms with Gasteiger partial charge in [-0.25, -0.2) is 0 Å². The largest absolute Gasteiger partial charge is 0.351 e. The normalized spacial score (nSPS) is 21.8. The number of amides is 1. The van der Waals surface area contributed by atoms with Crippen LogP contribution in [0.25, 0.3) is 0 Å². The highest BCUT2D eigenvalue weighted by Crippen LogP contribution is 2.26. The lowest BCUT2D eigenvalue weighted by molar-refractivity contribution is -0.385. The van der Waals surface area contributed by atoms with E-state index in [2.05, 4.69) is 17.6 Å². The average Bonchev–Trinajstić information content (AvgIpc) is 2.45. The molecule has 0 radical (unpaired) electrons. The van der Waals surface area contributed by atoms with Crippen molar-refractivity contribution in [1.82, 2.24) is 10.6 Å². The molecule has 1 amide bonds. The molecule has 7 heteroatoms. The minimum absolute atomic E-state index is 0.000122. The monoisotopic (exact) mass is 311 g/mol. The Kier molecular flexibility index (Phi) is 4.80. The first-order valence-electron chi connectivity index (χ1n) is 6.84. The SMILES string of the molecule is CC1(CNC(=O)c2cc(Cl)ccc2[N+](=O)[O-])CCCNC1. The lowest BCUT2D eigenvalue weighted by Crippen LogP contribution is -2.45. The third-order valence-electron chi connectivity index (χ3n) is 3.76. The van der Waals surface area contributed by atoms with Crippen molar-refractivity contribution in [2.45, 2.75) is 19.8 Å². The van der Waals surface area contributed by atoms with Crippen molar-refractivity contribution in [1.29, 1.82) is 0 Å². The molecule has 1 heterocycles. The van der Waals surface area contributed by atoms with E-state index in [1.165, 1.54) is 18.2 Å². The van der Waals surface area contributed by atoms with Crippen molar-refractivity contribution in [3.8, 4) is 0 Å². The van der Waals surface area contributed by atoms with E-state index in [0.29, 0.717) is 11.6 Å². The molecule has 21 heavy (non-hydrogen) atoms. The van der Waals surface area contributed by atoms with Gasteiger partial charge in [-0.1, -0.05) is 18.5 Å². The Hall–Kier alpha value is -1.66. The van der Waals surface area contributed by atoms with Crippen LogP contribution in [0.15, 0.2) is 18.2 Å². The second-order valence-electron chi connectivity index (χ2n) is 5.69. The first-order valence-corrected chi connectivity index (χ1v) is 7.22. The third kappa shape index (κ3) is 3.92. The Morgan fingerprint density at radius 3 is 2.95 bits per heavy atom. The maximum Gasteiger partial charge on any atom is 0.282 e. The van der Waals surface area contributed by atoms with E-state index in [0.717, 1.165) is 25.9 Å². The fraction of sp³-hybridized carbons (Fsp3) is 0.500. The molecule has 6 nitrogen and oxygen atoms in total. The van der Waals surface area contributed by atoms with Crippen LogP contribution in [0.5, 0.6) is 0 Å². The molecule has 2 N–H and O–H groups in total.